The van der Waals surface area contributed by atoms with E-state index in [2.05, 4.69) is 0 Å². The number of sulfonamides is 1. The van der Waals surface area contributed by atoms with Crippen molar-refractivity contribution in [3.05, 3.63) is 53.6 Å². The van der Waals surface area contributed by atoms with Crippen molar-refractivity contribution in [1.82, 2.24) is 4.31 Å². The number of fused-ring (bicyclic) bond motifs is 1. The Labute approximate surface area is 142 Å². The number of para-hydroxylation sites is 1. The first kappa shape index (κ1) is 16.8. The van der Waals surface area contributed by atoms with Gasteiger partial charge in [0.25, 0.3) is 0 Å². The molecule has 1 heterocycles. The molecule has 1 unspecified atom stereocenters. The Morgan fingerprint density at radius 2 is 1.96 bits per heavy atom. The summed E-state index contributed by atoms with van der Waals surface area (Å²) in [5.74, 6) is 1.39. The summed E-state index contributed by atoms with van der Waals surface area (Å²) in [7, 11) is -2.07. The number of hydrogen-bond donors (Lipinski definition) is 0. The number of hydrogen-bond acceptors (Lipinski definition) is 4. The van der Waals surface area contributed by atoms with Crippen LogP contribution in [0.2, 0.25) is 0 Å². The second kappa shape index (κ2) is 6.45. The molecule has 1 atom stereocenters. The highest BCUT2D eigenvalue weighted by atomic mass is 32.2. The molecular weight excluding hydrogens is 326 g/mol. The molecule has 0 spiro atoms. The van der Waals surface area contributed by atoms with E-state index >= 15 is 0 Å². The van der Waals surface area contributed by atoms with Gasteiger partial charge in [-0.15, -0.1) is 0 Å². The normalized spacial score (nSPS) is 18.4. The first-order chi connectivity index (χ1) is 11.4. The Hall–Kier alpha value is -2.05. The molecule has 1 aliphatic rings. The Kier molecular flexibility index (Phi) is 4.51. The van der Waals surface area contributed by atoms with E-state index in [9.17, 15) is 8.42 Å². The molecule has 0 N–H and O–H groups in total. The molecule has 2 aromatic rings. The van der Waals surface area contributed by atoms with Crippen molar-refractivity contribution >= 4 is 10.0 Å². The van der Waals surface area contributed by atoms with Gasteiger partial charge in [-0.3, -0.25) is 0 Å². The lowest BCUT2D eigenvalue weighted by atomic mass is 10.1. The minimum atomic E-state index is -3.64. The van der Waals surface area contributed by atoms with Gasteiger partial charge in [0.15, 0.2) is 0 Å². The predicted molar refractivity (Wildman–Crippen MR) is 92.0 cm³/mol. The van der Waals surface area contributed by atoms with E-state index in [-0.39, 0.29) is 6.04 Å². The van der Waals surface area contributed by atoms with Crippen LogP contribution < -0.4 is 9.47 Å². The lowest BCUT2D eigenvalue weighted by Gasteiger charge is -2.27. The van der Waals surface area contributed by atoms with Crippen LogP contribution in [-0.4, -0.2) is 33.0 Å². The van der Waals surface area contributed by atoms with Crippen LogP contribution in [0.4, 0.5) is 0 Å². The number of aryl methyl sites for hydroxylation is 1. The van der Waals surface area contributed by atoms with Crippen LogP contribution in [0.5, 0.6) is 11.5 Å². The smallest absolute Gasteiger partial charge is 0.244 e. The van der Waals surface area contributed by atoms with Gasteiger partial charge >= 0.3 is 0 Å². The molecule has 24 heavy (non-hydrogen) atoms. The molecule has 0 saturated heterocycles. The summed E-state index contributed by atoms with van der Waals surface area (Å²) in [4.78, 5) is 0.300. The van der Waals surface area contributed by atoms with Crippen molar-refractivity contribution in [3.8, 4) is 11.5 Å². The minimum Gasteiger partial charge on any atom is -0.497 e. The van der Waals surface area contributed by atoms with Gasteiger partial charge in [0.2, 0.25) is 10.0 Å². The minimum absolute atomic E-state index is 0.296. The molecule has 0 amide bonds. The van der Waals surface area contributed by atoms with Crippen LogP contribution in [0.3, 0.4) is 0 Å². The fourth-order valence-electron chi connectivity index (χ4n) is 3.04. The van der Waals surface area contributed by atoms with Crippen molar-refractivity contribution in [1.29, 1.82) is 0 Å². The number of nitrogens with zero attached hydrogens (tertiary/aromatic N) is 1. The first-order valence-corrected chi connectivity index (χ1v) is 9.27. The van der Waals surface area contributed by atoms with Gasteiger partial charge in [0, 0.05) is 12.1 Å². The fourth-order valence-corrected chi connectivity index (χ4v) is 4.85. The predicted octanol–water partition coefficient (Wildman–Crippen LogP) is 3.15. The summed E-state index contributed by atoms with van der Waals surface area (Å²) in [6, 6.07) is 12.3. The maximum Gasteiger partial charge on any atom is 0.244 e. The maximum atomic E-state index is 13.2. The molecule has 6 heteroatoms. The summed E-state index contributed by atoms with van der Waals surface area (Å²) >= 11 is 0. The fraction of sp³-hybridized carbons (Fsp3) is 0.333. The average molecular weight is 347 g/mol. The Balaban J connectivity index is 2.04. The highest BCUT2D eigenvalue weighted by Gasteiger charge is 2.34. The Morgan fingerprint density at radius 3 is 2.67 bits per heavy atom. The standard InChI is InChI=1S/C18H21NO4S/c1-13-12-15(22-3)8-9-18(13)24(20,21)19-10-11-23-17-7-5-4-6-16(17)14(19)2/h4-9,12,14H,10-11H2,1-3H3. The topological polar surface area (TPSA) is 55.8 Å². The van der Waals surface area contributed by atoms with Crippen molar-refractivity contribution < 1.29 is 17.9 Å². The van der Waals surface area contributed by atoms with Crippen molar-refractivity contribution in [2.75, 3.05) is 20.3 Å². The summed E-state index contributed by atoms with van der Waals surface area (Å²) < 4.78 is 38.8. The average Bonchev–Trinajstić information content (AvgIpc) is 2.74. The van der Waals surface area contributed by atoms with Crippen LogP contribution in [0.25, 0.3) is 0 Å². The van der Waals surface area contributed by atoms with Gasteiger partial charge in [-0.25, -0.2) is 8.42 Å². The van der Waals surface area contributed by atoms with Gasteiger partial charge in [-0.2, -0.15) is 4.31 Å². The SMILES string of the molecule is COc1ccc(S(=O)(=O)N2CCOc3ccccc3C2C)c(C)c1. The van der Waals surface area contributed by atoms with Gasteiger partial charge in [-0.05, 0) is 43.7 Å². The molecule has 0 aromatic heterocycles. The van der Waals surface area contributed by atoms with E-state index < -0.39 is 10.0 Å². The molecular formula is C18H21NO4S. The molecule has 0 bridgehead atoms. The van der Waals surface area contributed by atoms with Crippen molar-refractivity contribution in [2.24, 2.45) is 0 Å². The highest BCUT2D eigenvalue weighted by Crippen LogP contribution is 2.35. The maximum absolute atomic E-state index is 13.2. The molecule has 0 radical (unpaired) electrons. The van der Waals surface area contributed by atoms with Crippen LogP contribution in [0, 0.1) is 6.92 Å². The van der Waals surface area contributed by atoms with Gasteiger partial charge in [0.1, 0.15) is 18.1 Å². The lowest BCUT2D eigenvalue weighted by Crippen LogP contribution is -2.35. The van der Waals surface area contributed by atoms with Crippen molar-refractivity contribution in [2.45, 2.75) is 24.8 Å². The third-order valence-electron chi connectivity index (χ3n) is 4.34. The van der Waals surface area contributed by atoms with Crippen LogP contribution in [0.1, 0.15) is 24.1 Å². The second-order valence-electron chi connectivity index (χ2n) is 5.81. The zero-order valence-electron chi connectivity index (χ0n) is 14.0. The molecule has 0 fully saturated rings. The number of ether oxygens (including phenoxy) is 2. The van der Waals surface area contributed by atoms with Crippen LogP contribution >= 0.6 is 0 Å². The second-order valence-corrected chi connectivity index (χ2v) is 7.67. The van der Waals surface area contributed by atoms with E-state index in [1.165, 1.54) is 4.31 Å². The van der Waals surface area contributed by atoms with E-state index in [0.717, 1.165) is 11.3 Å². The summed E-state index contributed by atoms with van der Waals surface area (Å²) in [5.41, 5.74) is 1.55. The van der Waals surface area contributed by atoms with Crippen molar-refractivity contribution in [3.63, 3.8) is 0 Å². The summed E-state index contributed by atoms with van der Waals surface area (Å²) in [6.07, 6.45) is 0. The number of benzene rings is 2. The largest absolute Gasteiger partial charge is 0.497 e. The van der Waals surface area contributed by atoms with Gasteiger partial charge in [0.05, 0.1) is 18.0 Å². The molecule has 0 saturated carbocycles. The molecule has 2 aromatic carbocycles. The van der Waals surface area contributed by atoms with Gasteiger partial charge < -0.3 is 9.47 Å². The summed E-state index contributed by atoms with van der Waals surface area (Å²) in [6.45, 7) is 4.31. The third-order valence-corrected chi connectivity index (χ3v) is 6.47. The Bertz CT molecular complexity index is 848. The quantitative estimate of drug-likeness (QED) is 0.856. The third kappa shape index (κ3) is 2.87. The first-order valence-electron chi connectivity index (χ1n) is 7.83. The monoisotopic (exact) mass is 347 g/mol. The molecule has 3 rings (SSSR count). The van der Waals surface area contributed by atoms with Crippen LogP contribution in [0.15, 0.2) is 47.4 Å². The van der Waals surface area contributed by atoms with E-state index in [1.54, 1.807) is 32.2 Å². The van der Waals surface area contributed by atoms with E-state index in [4.69, 9.17) is 9.47 Å². The highest BCUT2D eigenvalue weighted by molar-refractivity contribution is 7.89. The number of methoxy groups -OCH3 is 1. The lowest BCUT2D eigenvalue weighted by molar-refractivity contribution is 0.278. The van der Waals surface area contributed by atoms with E-state index in [1.807, 2.05) is 31.2 Å². The molecule has 128 valence electrons. The molecule has 1 aliphatic heterocycles. The Morgan fingerprint density at radius 1 is 1.21 bits per heavy atom. The molecule has 0 aliphatic carbocycles. The van der Waals surface area contributed by atoms with E-state index in [0.29, 0.717) is 29.4 Å². The van der Waals surface area contributed by atoms with Gasteiger partial charge in [-0.1, -0.05) is 18.2 Å². The van der Waals surface area contributed by atoms with Crippen LogP contribution in [-0.2, 0) is 10.0 Å². The summed E-state index contributed by atoms with van der Waals surface area (Å²) in [5, 5.41) is 0. The molecule has 5 nitrogen and oxygen atoms in total. The zero-order chi connectivity index (χ0) is 17.3. The zero-order valence-corrected chi connectivity index (χ0v) is 14.8. The number of rotatable bonds is 3.